The van der Waals surface area contributed by atoms with Gasteiger partial charge in [0.2, 0.25) is 5.16 Å². The number of hydrogen-bond donors (Lipinski definition) is 1. The van der Waals surface area contributed by atoms with Gasteiger partial charge < -0.3 is 4.98 Å². The third kappa shape index (κ3) is 1.48. The Kier molecular flexibility index (Phi) is 1.79. The van der Waals surface area contributed by atoms with Crippen LogP contribution >= 0.6 is 0 Å². The van der Waals surface area contributed by atoms with Crippen molar-refractivity contribution in [1.82, 2.24) is 9.97 Å². The van der Waals surface area contributed by atoms with E-state index in [9.17, 15) is 8.42 Å². The monoisotopic (exact) mass is 173 g/mol. The van der Waals surface area contributed by atoms with Crippen LogP contribution in [0.25, 0.3) is 10.4 Å². The van der Waals surface area contributed by atoms with Crippen molar-refractivity contribution in [3.8, 4) is 0 Å². The van der Waals surface area contributed by atoms with Crippen LogP contribution in [0.5, 0.6) is 0 Å². The second kappa shape index (κ2) is 2.60. The lowest BCUT2D eigenvalue weighted by molar-refractivity contribution is 0.590. The molecule has 0 saturated carbocycles. The van der Waals surface area contributed by atoms with Crippen molar-refractivity contribution < 1.29 is 8.42 Å². The molecule has 0 unspecified atom stereocenters. The van der Waals surface area contributed by atoms with Gasteiger partial charge in [-0.25, -0.2) is 13.4 Å². The molecule has 1 rings (SSSR count). The first-order valence-electron chi connectivity index (χ1n) is 2.47. The van der Waals surface area contributed by atoms with E-state index in [4.69, 9.17) is 5.53 Å². The van der Waals surface area contributed by atoms with Crippen molar-refractivity contribution in [2.75, 3.05) is 0 Å². The van der Waals surface area contributed by atoms with Crippen LogP contribution in [0, 0.1) is 0 Å². The van der Waals surface area contributed by atoms with Crippen LogP contribution < -0.4 is 0 Å². The predicted octanol–water partition coefficient (Wildman–Crippen LogP) is 0.409. The van der Waals surface area contributed by atoms with E-state index in [1.54, 1.807) is 0 Å². The number of aromatic nitrogens is 2. The molecule has 0 atom stereocenters. The van der Waals surface area contributed by atoms with Gasteiger partial charge in [-0.2, -0.15) is 0 Å². The maximum Gasteiger partial charge on any atom is 0.297 e. The second-order valence-electron chi connectivity index (χ2n) is 1.54. The fraction of sp³-hybridized carbons (Fsp3) is 0. The summed E-state index contributed by atoms with van der Waals surface area (Å²) in [6.45, 7) is 0. The van der Waals surface area contributed by atoms with Crippen molar-refractivity contribution in [1.29, 1.82) is 0 Å². The highest BCUT2D eigenvalue weighted by atomic mass is 32.2. The molecule has 11 heavy (non-hydrogen) atoms. The molecular weight excluding hydrogens is 170 g/mol. The van der Waals surface area contributed by atoms with Crippen LogP contribution in [0.1, 0.15) is 0 Å². The van der Waals surface area contributed by atoms with E-state index in [0.29, 0.717) is 0 Å². The minimum Gasteiger partial charge on any atom is -0.335 e. The number of imidazole rings is 1. The van der Waals surface area contributed by atoms with Crippen molar-refractivity contribution in [2.45, 2.75) is 5.16 Å². The first-order valence-corrected chi connectivity index (χ1v) is 3.91. The summed E-state index contributed by atoms with van der Waals surface area (Å²) in [6.07, 6.45) is 2.57. The van der Waals surface area contributed by atoms with Crippen LogP contribution in [-0.2, 0) is 10.0 Å². The molecular formula is C3H3N5O2S. The zero-order chi connectivity index (χ0) is 8.32. The van der Waals surface area contributed by atoms with Crippen LogP contribution in [0.4, 0.5) is 0 Å². The summed E-state index contributed by atoms with van der Waals surface area (Å²) in [5.74, 6) is 0. The molecule has 0 spiro atoms. The highest BCUT2D eigenvalue weighted by Crippen LogP contribution is 2.03. The average Bonchev–Trinajstić information content (AvgIpc) is 2.37. The predicted molar refractivity (Wildman–Crippen MR) is 34.9 cm³/mol. The van der Waals surface area contributed by atoms with Crippen LogP contribution in [0.15, 0.2) is 22.1 Å². The normalized spacial score (nSPS) is 10.5. The molecule has 0 aliphatic rings. The molecule has 0 bridgehead atoms. The molecule has 8 heteroatoms. The lowest BCUT2D eigenvalue weighted by Crippen LogP contribution is -1.96. The van der Waals surface area contributed by atoms with Gasteiger partial charge in [0.1, 0.15) is 0 Å². The van der Waals surface area contributed by atoms with Crippen LogP contribution in [0.3, 0.4) is 0 Å². The molecule has 0 aromatic carbocycles. The number of sulfonamides is 1. The lowest BCUT2D eigenvalue weighted by Gasteiger charge is -1.86. The lowest BCUT2D eigenvalue weighted by atomic mass is 11.0. The van der Waals surface area contributed by atoms with Gasteiger partial charge in [-0.05, 0) is 5.53 Å². The summed E-state index contributed by atoms with van der Waals surface area (Å²) < 4.78 is 24.1. The van der Waals surface area contributed by atoms with E-state index in [2.05, 4.69) is 19.4 Å². The van der Waals surface area contributed by atoms with Crippen molar-refractivity contribution in [2.24, 2.45) is 4.52 Å². The smallest absolute Gasteiger partial charge is 0.297 e. The van der Waals surface area contributed by atoms with Crippen molar-refractivity contribution in [3.05, 3.63) is 22.8 Å². The molecule has 7 nitrogen and oxygen atoms in total. The SMILES string of the molecule is [N-]=[N+]=NS(=O)(=O)c1ncc[nH]1. The number of H-pyrrole nitrogens is 1. The van der Waals surface area contributed by atoms with Gasteiger partial charge in [0, 0.05) is 21.8 Å². The van der Waals surface area contributed by atoms with Gasteiger partial charge >= 0.3 is 0 Å². The molecule has 0 aliphatic heterocycles. The Labute approximate surface area is 61.8 Å². The summed E-state index contributed by atoms with van der Waals surface area (Å²) in [4.78, 5) is 7.84. The van der Waals surface area contributed by atoms with Gasteiger partial charge in [0.15, 0.2) is 0 Å². The van der Waals surface area contributed by atoms with Gasteiger partial charge in [-0.15, -0.1) is 0 Å². The van der Waals surface area contributed by atoms with E-state index in [1.807, 2.05) is 0 Å². The summed E-state index contributed by atoms with van der Waals surface area (Å²) in [5.41, 5.74) is 7.84. The van der Waals surface area contributed by atoms with E-state index in [1.165, 1.54) is 12.4 Å². The number of hydrogen-bond acceptors (Lipinski definition) is 3. The minimum absolute atomic E-state index is 0.352. The Bertz CT molecular complexity index is 372. The Morgan fingerprint density at radius 2 is 2.45 bits per heavy atom. The van der Waals surface area contributed by atoms with Gasteiger partial charge in [0.25, 0.3) is 10.0 Å². The Morgan fingerprint density at radius 3 is 2.91 bits per heavy atom. The number of azide groups is 1. The topological polar surface area (TPSA) is 112 Å². The molecule has 1 aromatic heterocycles. The van der Waals surface area contributed by atoms with E-state index >= 15 is 0 Å². The number of aromatic amines is 1. The molecule has 0 amide bonds. The average molecular weight is 173 g/mol. The zero-order valence-corrected chi connectivity index (χ0v) is 5.98. The standard InChI is InChI=1S/C3H3N5O2S/c4-7-8-11(9,10)3-5-1-2-6-3/h1-2H,(H,5,6). The first kappa shape index (κ1) is 7.58. The third-order valence-corrected chi connectivity index (χ3v) is 1.86. The number of nitrogens with zero attached hydrogens (tertiary/aromatic N) is 4. The molecule has 1 heterocycles. The van der Waals surface area contributed by atoms with Gasteiger partial charge in [-0.1, -0.05) is 0 Å². The summed E-state index contributed by atoms with van der Waals surface area (Å²) >= 11 is 0. The van der Waals surface area contributed by atoms with Crippen LogP contribution in [0.2, 0.25) is 0 Å². The van der Waals surface area contributed by atoms with Gasteiger partial charge in [0.05, 0.1) is 0 Å². The molecule has 0 saturated heterocycles. The van der Waals surface area contributed by atoms with Crippen molar-refractivity contribution >= 4 is 10.0 Å². The van der Waals surface area contributed by atoms with Crippen LogP contribution in [-0.4, -0.2) is 18.4 Å². The van der Waals surface area contributed by atoms with E-state index < -0.39 is 10.0 Å². The molecule has 1 aromatic rings. The third-order valence-electron chi connectivity index (χ3n) is 0.861. The maximum absolute atomic E-state index is 10.8. The van der Waals surface area contributed by atoms with E-state index in [0.717, 1.165) is 0 Å². The van der Waals surface area contributed by atoms with Gasteiger partial charge in [-0.3, -0.25) is 0 Å². The largest absolute Gasteiger partial charge is 0.335 e. The molecule has 1 N–H and O–H groups in total. The maximum atomic E-state index is 10.8. The molecule has 0 fully saturated rings. The molecule has 58 valence electrons. The Balaban J connectivity index is 3.22. The quantitative estimate of drug-likeness (QED) is 0.397. The molecule has 0 aliphatic carbocycles. The highest BCUT2D eigenvalue weighted by Gasteiger charge is 2.13. The Hall–Kier alpha value is -1.53. The van der Waals surface area contributed by atoms with E-state index in [-0.39, 0.29) is 5.16 Å². The van der Waals surface area contributed by atoms with Crippen molar-refractivity contribution in [3.63, 3.8) is 0 Å². The summed E-state index contributed by atoms with van der Waals surface area (Å²) in [7, 11) is -3.93. The summed E-state index contributed by atoms with van der Waals surface area (Å²) in [6, 6.07) is 0. The fourth-order valence-electron chi connectivity index (χ4n) is 0.479. The second-order valence-corrected chi connectivity index (χ2v) is 3.04. The first-order chi connectivity index (χ1) is 5.17. The minimum atomic E-state index is -3.93. The Morgan fingerprint density at radius 1 is 1.73 bits per heavy atom. The molecule has 0 radical (unpaired) electrons. The summed E-state index contributed by atoms with van der Waals surface area (Å²) in [5, 5.41) is -0.352. The number of nitrogens with one attached hydrogen (secondary N) is 1. The number of rotatable bonds is 2. The highest BCUT2D eigenvalue weighted by molar-refractivity contribution is 7.89. The fourth-order valence-corrected chi connectivity index (χ4v) is 1.06. The zero-order valence-electron chi connectivity index (χ0n) is 5.17.